The van der Waals surface area contributed by atoms with Crippen LogP contribution in [-0.2, 0) is 0 Å². The van der Waals surface area contributed by atoms with Gasteiger partial charge in [0, 0.05) is 24.3 Å². The monoisotopic (exact) mass is 303 g/mol. The molecule has 1 N–H and O–H groups in total. The summed E-state index contributed by atoms with van der Waals surface area (Å²) in [4.78, 5) is 17.6. The number of fused-ring (bicyclic) bond motifs is 1. The fourth-order valence-corrected chi connectivity index (χ4v) is 3.02. The van der Waals surface area contributed by atoms with E-state index in [4.69, 9.17) is 0 Å². The number of carbonyl (C=O) groups excluding carboxylic acids is 1. The topological polar surface area (TPSA) is 64.2 Å². The Bertz CT molecular complexity index is 784. The normalized spacial score (nSPS) is 12.7. The van der Waals surface area contributed by atoms with Gasteiger partial charge >= 0.3 is 0 Å². The maximum atomic E-state index is 12.4. The largest absolute Gasteiger partial charge is 0.349 e. The first-order chi connectivity index (χ1) is 10.1. The van der Waals surface area contributed by atoms with Gasteiger partial charge in [0.05, 0.1) is 17.9 Å². The first-order valence-corrected chi connectivity index (χ1v) is 7.65. The molecule has 3 heterocycles. The number of nitrogens with one attached hydrogen (secondary N) is 1. The van der Waals surface area contributed by atoms with Crippen molar-refractivity contribution >= 4 is 22.2 Å². The molecular weight excluding hydrogens is 286 g/mol. The Morgan fingerprint density at radius 1 is 1.48 bits per heavy atom. The van der Waals surface area contributed by atoms with Crippen molar-refractivity contribution in [2.45, 2.75) is 26.8 Å². The summed E-state index contributed by atoms with van der Waals surface area (Å²) >= 11 is 1.52. The molecule has 0 fully saturated rings. The second kappa shape index (κ2) is 5.33. The quantitative estimate of drug-likeness (QED) is 0.803. The summed E-state index contributed by atoms with van der Waals surface area (Å²) < 4.78 is 3.69. The van der Waals surface area contributed by atoms with Crippen molar-refractivity contribution in [3.63, 3.8) is 0 Å². The predicted molar refractivity (Wildman–Crippen MR) is 81.8 cm³/mol. The van der Waals surface area contributed by atoms with Crippen LogP contribution in [0.3, 0.4) is 0 Å². The Morgan fingerprint density at radius 2 is 2.29 bits per heavy atom. The summed E-state index contributed by atoms with van der Waals surface area (Å²) in [6.07, 6.45) is 5.65. The van der Waals surface area contributed by atoms with Crippen molar-refractivity contribution in [2.24, 2.45) is 0 Å². The van der Waals surface area contributed by atoms with Gasteiger partial charge < -0.3 is 5.32 Å². The second-order valence-electron chi connectivity index (χ2n) is 5.16. The summed E-state index contributed by atoms with van der Waals surface area (Å²) in [6.45, 7) is 6.40. The number of imidazole rings is 1. The van der Waals surface area contributed by atoms with Crippen LogP contribution in [0.25, 0.3) is 4.96 Å². The standard InChI is InChI=1S/C14H17N5OS/c1-9-6-16-19(8-9)10(2)7-15-13(20)12-11(3)17-14-18(12)4-5-21-14/h4-6,8,10H,7H2,1-3H3,(H,15,20)/t10-/m1/s1. The summed E-state index contributed by atoms with van der Waals surface area (Å²) in [5, 5.41) is 9.15. The second-order valence-corrected chi connectivity index (χ2v) is 6.03. The highest BCUT2D eigenvalue weighted by Gasteiger charge is 2.18. The lowest BCUT2D eigenvalue weighted by Crippen LogP contribution is -2.31. The third kappa shape index (κ3) is 2.56. The molecule has 3 rings (SSSR count). The minimum absolute atomic E-state index is 0.103. The van der Waals surface area contributed by atoms with Gasteiger partial charge in [0.2, 0.25) is 0 Å². The van der Waals surface area contributed by atoms with Crippen LogP contribution >= 0.6 is 11.3 Å². The number of carbonyl (C=O) groups is 1. The zero-order valence-electron chi connectivity index (χ0n) is 12.2. The fraction of sp³-hybridized carbons (Fsp3) is 0.357. The molecule has 1 atom stereocenters. The molecular formula is C14H17N5OS. The number of aryl methyl sites for hydroxylation is 2. The first-order valence-electron chi connectivity index (χ1n) is 6.77. The first kappa shape index (κ1) is 13.8. The van der Waals surface area contributed by atoms with Gasteiger partial charge in [-0.2, -0.15) is 5.10 Å². The lowest BCUT2D eigenvalue weighted by Gasteiger charge is -2.13. The number of amides is 1. The molecule has 0 unspecified atom stereocenters. The average molecular weight is 303 g/mol. The number of thiazole rings is 1. The molecule has 0 saturated heterocycles. The molecule has 0 bridgehead atoms. The van der Waals surface area contributed by atoms with Crippen LogP contribution < -0.4 is 5.32 Å². The number of nitrogens with zero attached hydrogens (tertiary/aromatic N) is 4. The Labute approximate surface area is 126 Å². The van der Waals surface area contributed by atoms with Gasteiger partial charge in [-0.1, -0.05) is 0 Å². The summed E-state index contributed by atoms with van der Waals surface area (Å²) in [5.74, 6) is -0.103. The van der Waals surface area contributed by atoms with Gasteiger partial charge in [-0.25, -0.2) is 4.98 Å². The minimum Gasteiger partial charge on any atom is -0.349 e. The van der Waals surface area contributed by atoms with Crippen LogP contribution in [0.15, 0.2) is 24.0 Å². The van der Waals surface area contributed by atoms with Gasteiger partial charge in [0.1, 0.15) is 5.69 Å². The SMILES string of the molecule is Cc1cnn([C@H](C)CNC(=O)c2c(C)nc3sccn23)c1. The predicted octanol–water partition coefficient (Wildman–Crippen LogP) is 2.20. The smallest absolute Gasteiger partial charge is 0.270 e. The zero-order valence-corrected chi connectivity index (χ0v) is 13.0. The summed E-state index contributed by atoms with van der Waals surface area (Å²) in [6, 6.07) is 0.105. The highest BCUT2D eigenvalue weighted by molar-refractivity contribution is 7.15. The molecule has 7 heteroatoms. The lowest BCUT2D eigenvalue weighted by molar-refractivity contribution is 0.0941. The minimum atomic E-state index is -0.103. The fourth-order valence-electron chi connectivity index (χ4n) is 2.26. The van der Waals surface area contributed by atoms with Gasteiger partial charge in [-0.15, -0.1) is 11.3 Å². The summed E-state index contributed by atoms with van der Waals surface area (Å²) in [7, 11) is 0. The van der Waals surface area contributed by atoms with E-state index in [1.807, 2.05) is 53.8 Å². The average Bonchev–Trinajstić information content (AvgIpc) is 3.11. The Balaban J connectivity index is 1.72. The van der Waals surface area contributed by atoms with E-state index in [0.29, 0.717) is 12.2 Å². The highest BCUT2D eigenvalue weighted by atomic mass is 32.1. The van der Waals surface area contributed by atoms with Crippen molar-refractivity contribution in [1.29, 1.82) is 0 Å². The van der Waals surface area contributed by atoms with E-state index >= 15 is 0 Å². The number of hydrogen-bond acceptors (Lipinski definition) is 4. The van der Waals surface area contributed by atoms with Gasteiger partial charge in [-0.3, -0.25) is 13.9 Å². The van der Waals surface area contributed by atoms with Crippen LogP contribution in [0, 0.1) is 13.8 Å². The molecule has 21 heavy (non-hydrogen) atoms. The molecule has 1 amide bonds. The maximum Gasteiger partial charge on any atom is 0.270 e. The molecule has 0 aliphatic rings. The van der Waals surface area contributed by atoms with Gasteiger partial charge in [0.15, 0.2) is 4.96 Å². The van der Waals surface area contributed by atoms with E-state index in [9.17, 15) is 4.79 Å². The van der Waals surface area contributed by atoms with Gasteiger partial charge in [0.25, 0.3) is 5.91 Å². The Morgan fingerprint density at radius 3 is 3.00 bits per heavy atom. The molecule has 0 aliphatic heterocycles. The molecule has 0 aromatic carbocycles. The number of hydrogen-bond donors (Lipinski definition) is 1. The molecule has 0 aliphatic carbocycles. The van der Waals surface area contributed by atoms with Crippen molar-refractivity contribution in [3.05, 3.63) is 40.9 Å². The van der Waals surface area contributed by atoms with Crippen LogP contribution in [0.5, 0.6) is 0 Å². The maximum absolute atomic E-state index is 12.4. The Hall–Kier alpha value is -2.15. The third-order valence-corrected chi connectivity index (χ3v) is 4.15. The van der Waals surface area contributed by atoms with E-state index in [-0.39, 0.29) is 11.9 Å². The van der Waals surface area contributed by atoms with E-state index in [0.717, 1.165) is 16.2 Å². The van der Waals surface area contributed by atoms with Crippen molar-refractivity contribution in [3.8, 4) is 0 Å². The summed E-state index contributed by atoms with van der Waals surface area (Å²) in [5.41, 5.74) is 2.47. The molecule has 3 aromatic heterocycles. The molecule has 110 valence electrons. The van der Waals surface area contributed by atoms with E-state index in [1.165, 1.54) is 11.3 Å². The number of aromatic nitrogens is 4. The zero-order chi connectivity index (χ0) is 15.0. The van der Waals surface area contributed by atoms with Crippen molar-refractivity contribution in [1.82, 2.24) is 24.5 Å². The van der Waals surface area contributed by atoms with Crippen LogP contribution in [0.2, 0.25) is 0 Å². The molecule has 0 radical (unpaired) electrons. The Kier molecular flexibility index (Phi) is 3.50. The number of rotatable bonds is 4. The van der Waals surface area contributed by atoms with Crippen LogP contribution in [0.1, 0.15) is 34.7 Å². The van der Waals surface area contributed by atoms with Crippen LogP contribution in [0.4, 0.5) is 0 Å². The molecule has 6 nitrogen and oxygen atoms in total. The third-order valence-electron chi connectivity index (χ3n) is 3.39. The van der Waals surface area contributed by atoms with Gasteiger partial charge in [-0.05, 0) is 26.3 Å². The highest BCUT2D eigenvalue weighted by Crippen LogP contribution is 2.16. The van der Waals surface area contributed by atoms with Crippen LogP contribution in [-0.4, -0.2) is 31.6 Å². The van der Waals surface area contributed by atoms with Crippen molar-refractivity contribution in [2.75, 3.05) is 6.54 Å². The lowest BCUT2D eigenvalue weighted by atomic mass is 10.3. The van der Waals surface area contributed by atoms with Crippen molar-refractivity contribution < 1.29 is 4.79 Å². The molecule has 3 aromatic rings. The van der Waals surface area contributed by atoms with E-state index in [1.54, 1.807) is 0 Å². The molecule has 0 saturated carbocycles. The van der Waals surface area contributed by atoms with E-state index < -0.39 is 0 Å². The molecule has 0 spiro atoms. The van der Waals surface area contributed by atoms with E-state index in [2.05, 4.69) is 15.4 Å².